The van der Waals surface area contributed by atoms with E-state index in [1.165, 1.54) is 4.31 Å². The first-order valence-corrected chi connectivity index (χ1v) is 12.5. The van der Waals surface area contributed by atoms with E-state index < -0.39 is 16.1 Å². The molecule has 0 radical (unpaired) electrons. The van der Waals surface area contributed by atoms with Gasteiger partial charge in [-0.25, -0.2) is 12.7 Å². The number of sulfonamides is 1. The molecule has 7 heteroatoms. The van der Waals surface area contributed by atoms with Gasteiger partial charge in [0.1, 0.15) is 0 Å². The van der Waals surface area contributed by atoms with Crippen molar-refractivity contribution >= 4 is 15.9 Å². The molecular formula is C22H34N2O4S. The van der Waals surface area contributed by atoms with Crippen LogP contribution in [0.1, 0.15) is 57.4 Å². The van der Waals surface area contributed by atoms with Gasteiger partial charge in [-0.1, -0.05) is 50.1 Å². The van der Waals surface area contributed by atoms with E-state index in [9.17, 15) is 18.3 Å². The van der Waals surface area contributed by atoms with E-state index >= 15 is 0 Å². The molecule has 3 rings (SSSR count). The first-order valence-electron chi connectivity index (χ1n) is 10.9. The van der Waals surface area contributed by atoms with Crippen LogP contribution in [-0.4, -0.2) is 60.4 Å². The fourth-order valence-electron chi connectivity index (χ4n) is 4.63. The van der Waals surface area contributed by atoms with Gasteiger partial charge in [-0.3, -0.25) is 4.79 Å². The molecule has 162 valence electrons. The van der Waals surface area contributed by atoms with E-state index in [0.29, 0.717) is 32.5 Å². The van der Waals surface area contributed by atoms with Crippen molar-refractivity contribution in [2.24, 2.45) is 5.92 Å². The predicted octanol–water partition coefficient (Wildman–Crippen LogP) is 2.77. The van der Waals surface area contributed by atoms with E-state index in [2.05, 4.69) is 0 Å². The Kier molecular flexibility index (Phi) is 7.71. The van der Waals surface area contributed by atoms with Crippen molar-refractivity contribution in [2.45, 2.75) is 69.8 Å². The van der Waals surface area contributed by atoms with E-state index in [1.807, 2.05) is 42.2 Å². The number of aliphatic hydroxyl groups is 1. The molecule has 1 amide bonds. The van der Waals surface area contributed by atoms with Gasteiger partial charge in [-0.15, -0.1) is 0 Å². The van der Waals surface area contributed by atoms with Crippen LogP contribution in [-0.2, 0) is 20.6 Å². The molecule has 1 aromatic rings. The third-order valence-corrected chi connectivity index (χ3v) is 8.08. The summed E-state index contributed by atoms with van der Waals surface area (Å²) in [4.78, 5) is 15.1. The summed E-state index contributed by atoms with van der Waals surface area (Å²) < 4.78 is 27.0. The lowest BCUT2D eigenvalue weighted by Gasteiger charge is -2.40. The number of amides is 1. The molecule has 2 aliphatic rings. The Morgan fingerprint density at radius 2 is 1.76 bits per heavy atom. The largest absolute Gasteiger partial charge is 0.391 e. The molecule has 0 spiro atoms. The standard InChI is InChI=1S/C22H34N2O4S/c1-2-14-24(20-10-6-7-11-21(20)25)22(26)19-12-15-23(16-13-19)29(27,28)17-18-8-4-3-5-9-18/h3-5,8-9,19-21,25H,2,6-7,10-17H2,1H3/t20-,21-/m0/s1. The topological polar surface area (TPSA) is 77.9 Å². The maximum atomic E-state index is 13.2. The molecule has 2 fully saturated rings. The van der Waals surface area contributed by atoms with E-state index in [1.54, 1.807) is 0 Å². The van der Waals surface area contributed by atoms with Gasteiger partial charge in [-0.2, -0.15) is 0 Å². The number of nitrogens with zero attached hydrogens (tertiary/aromatic N) is 2. The van der Waals surface area contributed by atoms with Crippen LogP contribution in [0.2, 0.25) is 0 Å². The van der Waals surface area contributed by atoms with Gasteiger partial charge in [0.05, 0.1) is 17.9 Å². The molecule has 0 aromatic heterocycles. The minimum Gasteiger partial charge on any atom is -0.391 e. The maximum absolute atomic E-state index is 13.2. The molecule has 1 aliphatic carbocycles. The fraction of sp³-hybridized carbons (Fsp3) is 0.682. The van der Waals surface area contributed by atoms with Gasteiger partial charge in [-0.05, 0) is 37.7 Å². The summed E-state index contributed by atoms with van der Waals surface area (Å²) in [7, 11) is -3.38. The second-order valence-electron chi connectivity index (χ2n) is 8.37. The molecule has 1 saturated heterocycles. The van der Waals surface area contributed by atoms with Gasteiger partial charge < -0.3 is 10.0 Å². The van der Waals surface area contributed by atoms with Gasteiger partial charge in [0.25, 0.3) is 0 Å². The summed E-state index contributed by atoms with van der Waals surface area (Å²) in [5.74, 6) is -0.0559. The van der Waals surface area contributed by atoms with Crippen molar-refractivity contribution in [3.63, 3.8) is 0 Å². The lowest BCUT2D eigenvalue weighted by Crippen LogP contribution is -2.52. The van der Waals surface area contributed by atoms with Crippen molar-refractivity contribution in [2.75, 3.05) is 19.6 Å². The van der Waals surface area contributed by atoms with Gasteiger partial charge in [0.15, 0.2) is 0 Å². The molecule has 29 heavy (non-hydrogen) atoms. The zero-order chi connectivity index (χ0) is 20.9. The van der Waals surface area contributed by atoms with Gasteiger partial charge in [0, 0.05) is 25.6 Å². The minimum atomic E-state index is -3.38. The van der Waals surface area contributed by atoms with Crippen molar-refractivity contribution in [3.05, 3.63) is 35.9 Å². The Labute approximate surface area is 174 Å². The highest BCUT2D eigenvalue weighted by atomic mass is 32.2. The summed E-state index contributed by atoms with van der Waals surface area (Å²) in [6.45, 7) is 3.48. The van der Waals surface area contributed by atoms with Gasteiger partial charge >= 0.3 is 0 Å². The number of hydrogen-bond donors (Lipinski definition) is 1. The second-order valence-corrected chi connectivity index (χ2v) is 10.3. The van der Waals surface area contributed by atoms with Crippen molar-refractivity contribution in [1.82, 2.24) is 9.21 Å². The molecule has 1 saturated carbocycles. The predicted molar refractivity (Wildman–Crippen MR) is 114 cm³/mol. The Hall–Kier alpha value is -1.44. The van der Waals surface area contributed by atoms with Crippen molar-refractivity contribution in [1.29, 1.82) is 0 Å². The number of benzene rings is 1. The van der Waals surface area contributed by atoms with Crippen molar-refractivity contribution < 1.29 is 18.3 Å². The highest BCUT2D eigenvalue weighted by Crippen LogP contribution is 2.28. The monoisotopic (exact) mass is 422 g/mol. The molecule has 1 N–H and O–H groups in total. The van der Waals surface area contributed by atoms with Crippen LogP contribution >= 0.6 is 0 Å². The molecule has 2 atom stereocenters. The molecule has 1 heterocycles. The first-order chi connectivity index (χ1) is 13.9. The van der Waals surface area contributed by atoms with Crippen LogP contribution in [0, 0.1) is 5.92 Å². The quantitative estimate of drug-likeness (QED) is 0.733. The summed E-state index contributed by atoms with van der Waals surface area (Å²) in [6.07, 6.45) is 5.21. The number of carbonyl (C=O) groups excluding carboxylic acids is 1. The number of hydrogen-bond acceptors (Lipinski definition) is 4. The average Bonchev–Trinajstić information content (AvgIpc) is 2.73. The molecule has 1 aliphatic heterocycles. The SMILES string of the molecule is CCCN(C(=O)C1CCN(S(=O)(=O)Cc2ccccc2)CC1)[C@H]1CCCC[C@@H]1O. The molecule has 6 nitrogen and oxygen atoms in total. The Balaban J connectivity index is 1.60. The summed E-state index contributed by atoms with van der Waals surface area (Å²) in [5.41, 5.74) is 0.783. The fourth-order valence-corrected chi connectivity index (χ4v) is 6.19. The third-order valence-electron chi connectivity index (χ3n) is 6.23. The van der Waals surface area contributed by atoms with Crippen LogP contribution in [0.3, 0.4) is 0 Å². The van der Waals surface area contributed by atoms with Crippen LogP contribution in [0.4, 0.5) is 0 Å². The Bertz CT molecular complexity index is 760. The lowest BCUT2D eigenvalue weighted by atomic mass is 9.89. The summed E-state index contributed by atoms with van der Waals surface area (Å²) in [6, 6.07) is 9.13. The minimum absolute atomic E-state index is 0.00266. The smallest absolute Gasteiger partial charge is 0.226 e. The van der Waals surface area contributed by atoms with Crippen LogP contribution in [0.5, 0.6) is 0 Å². The number of aliphatic hydroxyl groups excluding tert-OH is 1. The molecule has 0 bridgehead atoms. The Morgan fingerprint density at radius 3 is 2.38 bits per heavy atom. The highest BCUT2D eigenvalue weighted by Gasteiger charge is 2.37. The van der Waals surface area contributed by atoms with Crippen LogP contribution in [0.15, 0.2) is 30.3 Å². The van der Waals surface area contributed by atoms with Crippen molar-refractivity contribution in [3.8, 4) is 0 Å². The number of piperidine rings is 1. The maximum Gasteiger partial charge on any atom is 0.226 e. The van der Waals surface area contributed by atoms with Gasteiger partial charge in [0.2, 0.25) is 15.9 Å². The molecular weight excluding hydrogens is 388 g/mol. The zero-order valence-electron chi connectivity index (χ0n) is 17.4. The third kappa shape index (κ3) is 5.58. The Morgan fingerprint density at radius 1 is 1.10 bits per heavy atom. The van der Waals surface area contributed by atoms with E-state index in [-0.39, 0.29) is 23.6 Å². The number of carbonyl (C=O) groups is 1. The van der Waals surface area contributed by atoms with E-state index in [4.69, 9.17) is 0 Å². The molecule has 1 aromatic carbocycles. The molecule has 0 unspecified atom stereocenters. The summed E-state index contributed by atoms with van der Waals surface area (Å²) >= 11 is 0. The first kappa shape index (κ1) is 22.2. The van der Waals surface area contributed by atoms with Crippen LogP contribution in [0.25, 0.3) is 0 Å². The second kappa shape index (κ2) is 10.0. The lowest BCUT2D eigenvalue weighted by molar-refractivity contribution is -0.143. The number of rotatable bonds is 7. The summed E-state index contributed by atoms with van der Waals surface area (Å²) in [5, 5.41) is 10.4. The average molecular weight is 423 g/mol. The van der Waals surface area contributed by atoms with Crippen LogP contribution < -0.4 is 0 Å². The zero-order valence-corrected chi connectivity index (χ0v) is 18.2. The normalized spacial score (nSPS) is 24.3. The highest BCUT2D eigenvalue weighted by molar-refractivity contribution is 7.88. The van der Waals surface area contributed by atoms with E-state index in [0.717, 1.165) is 37.7 Å².